The summed E-state index contributed by atoms with van der Waals surface area (Å²) in [7, 11) is 3.90. The van der Waals surface area contributed by atoms with Crippen LogP contribution in [0.1, 0.15) is 12.5 Å². The van der Waals surface area contributed by atoms with E-state index in [-0.39, 0.29) is 18.0 Å². The van der Waals surface area contributed by atoms with Crippen LogP contribution in [0, 0.1) is 10.1 Å². The lowest BCUT2D eigenvalue weighted by Gasteiger charge is -2.22. The molecule has 0 saturated heterocycles. The SMILES string of the molecule is CCOc1ccc2nc(N(CCN(C)C)C(=O)Cc3ccc([N+](=O)[O-])cc3)sc2c1. The van der Waals surface area contributed by atoms with Crippen molar-refractivity contribution in [2.75, 3.05) is 38.7 Å². The number of likely N-dealkylation sites (N-methyl/N-ethyl adjacent to an activating group) is 1. The lowest BCUT2D eigenvalue weighted by molar-refractivity contribution is -0.384. The van der Waals surface area contributed by atoms with Gasteiger partial charge < -0.3 is 9.64 Å². The number of thiazole rings is 1. The number of ether oxygens (including phenoxy) is 1. The van der Waals surface area contributed by atoms with Crippen molar-refractivity contribution in [2.24, 2.45) is 0 Å². The first kappa shape index (κ1) is 21.7. The summed E-state index contributed by atoms with van der Waals surface area (Å²) in [4.78, 5) is 31.8. The fraction of sp³-hybridized carbons (Fsp3) is 0.333. The van der Waals surface area contributed by atoms with E-state index in [0.29, 0.717) is 24.8 Å². The molecule has 0 fully saturated rings. The minimum Gasteiger partial charge on any atom is -0.494 e. The topological polar surface area (TPSA) is 88.8 Å². The number of hydrogen-bond donors (Lipinski definition) is 0. The Kier molecular flexibility index (Phi) is 6.96. The van der Waals surface area contributed by atoms with Crippen LogP contribution in [0.2, 0.25) is 0 Å². The molecular weight excluding hydrogens is 404 g/mol. The molecule has 2 aromatic carbocycles. The summed E-state index contributed by atoms with van der Waals surface area (Å²) >= 11 is 1.45. The third-order valence-corrected chi connectivity index (χ3v) is 5.51. The summed E-state index contributed by atoms with van der Waals surface area (Å²) in [6.07, 6.45) is 0.144. The largest absolute Gasteiger partial charge is 0.494 e. The minimum atomic E-state index is -0.452. The molecule has 0 radical (unpaired) electrons. The normalized spacial score (nSPS) is 11.1. The zero-order valence-corrected chi connectivity index (χ0v) is 18.0. The van der Waals surface area contributed by atoms with Crippen molar-refractivity contribution in [2.45, 2.75) is 13.3 Å². The summed E-state index contributed by atoms with van der Waals surface area (Å²) in [5, 5.41) is 11.5. The lowest BCUT2D eigenvalue weighted by Crippen LogP contribution is -2.37. The standard InChI is InChI=1S/C21H24N4O4S/c1-4-29-17-9-10-18-19(14-17)30-21(22-18)24(12-11-23(2)3)20(26)13-15-5-7-16(8-6-15)25(27)28/h5-10,14H,4,11-13H2,1-3H3. The average Bonchev–Trinajstić information content (AvgIpc) is 3.11. The molecule has 8 nitrogen and oxygen atoms in total. The number of benzene rings is 2. The van der Waals surface area contributed by atoms with Crippen molar-refractivity contribution in [3.8, 4) is 5.75 Å². The number of hydrogen-bond acceptors (Lipinski definition) is 7. The molecule has 0 saturated carbocycles. The highest BCUT2D eigenvalue weighted by atomic mass is 32.1. The molecule has 0 unspecified atom stereocenters. The molecule has 0 bridgehead atoms. The summed E-state index contributed by atoms with van der Waals surface area (Å²) in [6.45, 7) is 3.70. The van der Waals surface area contributed by atoms with E-state index in [4.69, 9.17) is 4.74 Å². The van der Waals surface area contributed by atoms with Crippen molar-refractivity contribution in [1.29, 1.82) is 0 Å². The first-order valence-electron chi connectivity index (χ1n) is 9.59. The van der Waals surface area contributed by atoms with Crippen molar-refractivity contribution in [3.63, 3.8) is 0 Å². The van der Waals surface area contributed by atoms with Gasteiger partial charge in [-0.25, -0.2) is 4.98 Å². The third-order valence-electron chi connectivity index (χ3n) is 4.46. The van der Waals surface area contributed by atoms with Gasteiger partial charge in [0, 0.05) is 25.2 Å². The Hall–Kier alpha value is -3.04. The molecule has 0 aliphatic carbocycles. The van der Waals surface area contributed by atoms with Gasteiger partial charge in [-0.1, -0.05) is 23.5 Å². The van der Waals surface area contributed by atoms with Crippen LogP contribution in [-0.4, -0.2) is 54.5 Å². The van der Waals surface area contributed by atoms with Gasteiger partial charge in [-0.15, -0.1) is 0 Å². The van der Waals surface area contributed by atoms with E-state index in [1.165, 1.54) is 23.5 Å². The van der Waals surface area contributed by atoms with E-state index < -0.39 is 4.92 Å². The molecule has 0 atom stereocenters. The number of rotatable bonds is 9. The zero-order valence-electron chi connectivity index (χ0n) is 17.2. The Labute approximate surface area is 178 Å². The predicted octanol–water partition coefficient (Wildman–Crippen LogP) is 3.74. The maximum atomic E-state index is 13.1. The molecule has 0 aliphatic rings. The molecule has 1 heterocycles. The third kappa shape index (κ3) is 5.31. The Morgan fingerprint density at radius 2 is 1.90 bits per heavy atom. The molecule has 0 N–H and O–H groups in total. The highest BCUT2D eigenvalue weighted by molar-refractivity contribution is 7.22. The molecule has 1 amide bonds. The Balaban J connectivity index is 1.85. The average molecular weight is 429 g/mol. The second kappa shape index (κ2) is 9.64. The van der Waals surface area contributed by atoms with Crippen LogP contribution in [0.3, 0.4) is 0 Å². The van der Waals surface area contributed by atoms with Crippen molar-refractivity contribution in [3.05, 3.63) is 58.1 Å². The number of fused-ring (bicyclic) bond motifs is 1. The van der Waals surface area contributed by atoms with Gasteiger partial charge in [0.05, 0.1) is 28.2 Å². The Bertz CT molecular complexity index is 1030. The molecule has 158 valence electrons. The van der Waals surface area contributed by atoms with Gasteiger partial charge in [-0.3, -0.25) is 19.8 Å². The number of nitro benzene ring substituents is 1. The monoisotopic (exact) mass is 428 g/mol. The van der Waals surface area contributed by atoms with Crippen molar-refractivity contribution in [1.82, 2.24) is 9.88 Å². The van der Waals surface area contributed by atoms with Gasteiger partial charge >= 0.3 is 0 Å². The van der Waals surface area contributed by atoms with Crippen LogP contribution in [-0.2, 0) is 11.2 Å². The van der Waals surface area contributed by atoms with Gasteiger partial charge in [-0.2, -0.15) is 0 Å². The zero-order chi connectivity index (χ0) is 21.7. The van der Waals surface area contributed by atoms with E-state index >= 15 is 0 Å². The first-order valence-corrected chi connectivity index (χ1v) is 10.4. The Morgan fingerprint density at radius 1 is 1.17 bits per heavy atom. The van der Waals surface area contributed by atoms with Gasteiger partial charge in [0.15, 0.2) is 5.13 Å². The predicted molar refractivity (Wildman–Crippen MR) is 118 cm³/mol. The molecular formula is C21H24N4O4S. The number of anilines is 1. The van der Waals surface area contributed by atoms with Crippen LogP contribution in [0.5, 0.6) is 5.75 Å². The quantitative estimate of drug-likeness (QED) is 0.381. The number of carbonyl (C=O) groups excluding carboxylic acids is 1. The number of carbonyl (C=O) groups is 1. The fourth-order valence-electron chi connectivity index (χ4n) is 2.90. The van der Waals surface area contributed by atoms with Crippen molar-refractivity contribution < 1.29 is 14.5 Å². The van der Waals surface area contributed by atoms with Crippen LogP contribution in [0.25, 0.3) is 10.2 Å². The highest BCUT2D eigenvalue weighted by Gasteiger charge is 2.21. The van der Waals surface area contributed by atoms with Crippen LogP contribution >= 0.6 is 11.3 Å². The molecule has 3 rings (SSSR count). The second-order valence-corrected chi connectivity index (χ2v) is 8.02. The summed E-state index contributed by atoms with van der Waals surface area (Å²) < 4.78 is 6.51. The molecule has 9 heteroatoms. The van der Waals surface area contributed by atoms with E-state index in [2.05, 4.69) is 4.98 Å². The summed E-state index contributed by atoms with van der Waals surface area (Å²) in [5.41, 5.74) is 1.54. The smallest absolute Gasteiger partial charge is 0.269 e. The lowest BCUT2D eigenvalue weighted by atomic mass is 10.1. The van der Waals surface area contributed by atoms with E-state index in [1.807, 2.05) is 44.1 Å². The van der Waals surface area contributed by atoms with Crippen LogP contribution in [0.4, 0.5) is 10.8 Å². The van der Waals surface area contributed by atoms with Crippen molar-refractivity contribution >= 4 is 38.3 Å². The Morgan fingerprint density at radius 3 is 2.53 bits per heavy atom. The summed E-state index contributed by atoms with van der Waals surface area (Å²) in [6, 6.07) is 11.8. The molecule has 0 spiro atoms. The number of amides is 1. The second-order valence-electron chi connectivity index (χ2n) is 7.01. The number of aromatic nitrogens is 1. The highest BCUT2D eigenvalue weighted by Crippen LogP contribution is 2.32. The molecule has 0 aliphatic heterocycles. The van der Waals surface area contributed by atoms with Crippen LogP contribution in [0.15, 0.2) is 42.5 Å². The minimum absolute atomic E-state index is 0.00642. The van der Waals surface area contributed by atoms with E-state index in [9.17, 15) is 14.9 Å². The van der Waals surface area contributed by atoms with Gasteiger partial charge in [0.2, 0.25) is 5.91 Å². The van der Waals surface area contributed by atoms with E-state index in [0.717, 1.165) is 21.5 Å². The maximum absolute atomic E-state index is 13.1. The van der Waals surface area contributed by atoms with Gasteiger partial charge in [0.25, 0.3) is 5.69 Å². The maximum Gasteiger partial charge on any atom is 0.269 e. The molecule has 30 heavy (non-hydrogen) atoms. The summed E-state index contributed by atoms with van der Waals surface area (Å²) in [5.74, 6) is 0.673. The first-order chi connectivity index (χ1) is 14.4. The molecule has 3 aromatic rings. The number of non-ortho nitro benzene ring substituents is 1. The fourth-order valence-corrected chi connectivity index (χ4v) is 3.93. The van der Waals surface area contributed by atoms with E-state index in [1.54, 1.807) is 17.0 Å². The molecule has 1 aromatic heterocycles. The van der Waals surface area contributed by atoms with Crippen LogP contribution < -0.4 is 9.64 Å². The van der Waals surface area contributed by atoms with Gasteiger partial charge in [-0.05, 0) is 44.8 Å². The van der Waals surface area contributed by atoms with Gasteiger partial charge in [0.1, 0.15) is 5.75 Å². The number of nitrogens with zero attached hydrogens (tertiary/aromatic N) is 4. The number of nitro groups is 1.